The van der Waals surface area contributed by atoms with Crippen LogP contribution in [0.2, 0.25) is 0 Å². The summed E-state index contributed by atoms with van der Waals surface area (Å²) >= 11 is 1.55. The molecule has 14 heavy (non-hydrogen) atoms. The number of hydrogen-bond acceptors (Lipinski definition) is 4. The molecule has 5 nitrogen and oxygen atoms in total. The number of rotatable bonds is 2. The lowest BCUT2D eigenvalue weighted by atomic mass is 10.3. The van der Waals surface area contributed by atoms with Crippen LogP contribution in [0.5, 0.6) is 0 Å². The molecule has 0 saturated heterocycles. The highest BCUT2D eigenvalue weighted by atomic mass is 32.1. The fourth-order valence-corrected chi connectivity index (χ4v) is 1.78. The Labute approximate surface area is 82.4 Å². The van der Waals surface area contributed by atoms with Crippen molar-refractivity contribution >= 4 is 11.3 Å². The first-order valence-corrected chi connectivity index (χ1v) is 4.84. The maximum Gasteiger partial charge on any atom is 0.342 e. The first kappa shape index (κ1) is 8.89. The number of hydrogen-bond donors (Lipinski definition) is 2. The SMILES string of the molecule is O=c1[nH]nc(Cc2cccs2)c(=O)[nH]1. The number of H-pyrrole nitrogens is 2. The van der Waals surface area contributed by atoms with E-state index in [1.165, 1.54) is 0 Å². The van der Waals surface area contributed by atoms with E-state index in [9.17, 15) is 9.59 Å². The van der Waals surface area contributed by atoms with Crippen molar-refractivity contribution in [1.82, 2.24) is 15.2 Å². The van der Waals surface area contributed by atoms with E-state index in [4.69, 9.17) is 0 Å². The minimum Gasteiger partial charge on any atom is -0.271 e. The highest BCUT2D eigenvalue weighted by molar-refractivity contribution is 7.09. The van der Waals surface area contributed by atoms with Gasteiger partial charge in [0.1, 0.15) is 5.69 Å². The van der Waals surface area contributed by atoms with E-state index < -0.39 is 11.2 Å². The summed E-state index contributed by atoms with van der Waals surface area (Å²) in [5, 5.41) is 7.80. The topological polar surface area (TPSA) is 78.6 Å². The van der Waals surface area contributed by atoms with Gasteiger partial charge in [-0.15, -0.1) is 11.3 Å². The van der Waals surface area contributed by atoms with Crippen LogP contribution in [0.3, 0.4) is 0 Å². The Balaban J connectivity index is 2.35. The molecule has 2 aromatic heterocycles. The number of nitrogens with zero attached hydrogens (tertiary/aromatic N) is 1. The van der Waals surface area contributed by atoms with E-state index in [0.717, 1.165) is 4.88 Å². The molecule has 0 radical (unpaired) electrons. The molecule has 0 spiro atoms. The molecule has 0 atom stereocenters. The minimum absolute atomic E-state index is 0.326. The lowest BCUT2D eigenvalue weighted by molar-refractivity contribution is 0.831. The van der Waals surface area contributed by atoms with Gasteiger partial charge in [-0.2, -0.15) is 5.10 Å². The summed E-state index contributed by atoms with van der Waals surface area (Å²) in [5.74, 6) is 0. The second-order valence-corrected chi connectivity index (χ2v) is 3.74. The van der Waals surface area contributed by atoms with E-state index in [0.29, 0.717) is 12.1 Å². The van der Waals surface area contributed by atoms with E-state index in [-0.39, 0.29) is 0 Å². The van der Waals surface area contributed by atoms with Crippen molar-refractivity contribution in [1.29, 1.82) is 0 Å². The standard InChI is InChI=1S/C8H7N3O2S/c12-7-6(10-11-8(13)9-7)4-5-2-1-3-14-5/h1-3H,4H2,(H2,9,11,12,13). The van der Waals surface area contributed by atoms with Crippen LogP contribution in [0.15, 0.2) is 27.1 Å². The summed E-state index contributed by atoms with van der Waals surface area (Å²) in [6, 6.07) is 3.82. The van der Waals surface area contributed by atoms with Gasteiger partial charge in [-0.3, -0.25) is 9.78 Å². The minimum atomic E-state index is -0.579. The van der Waals surface area contributed by atoms with Crippen LogP contribution in [0, 0.1) is 0 Å². The lowest BCUT2D eigenvalue weighted by Gasteiger charge is -1.94. The van der Waals surface area contributed by atoms with Crippen molar-refractivity contribution in [2.75, 3.05) is 0 Å². The van der Waals surface area contributed by atoms with Crippen LogP contribution < -0.4 is 11.2 Å². The molecule has 0 aromatic carbocycles. The zero-order valence-corrected chi connectivity index (χ0v) is 7.93. The molecular formula is C8H7N3O2S. The molecule has 2 heterocycles. The zero-order valence-electron chi connectivity index (χ0n) is 7.11. The lowest BCUT2D eigenvalue weighted by Crippen LogP contribution is -2.27. The van der Waals surface area contributed by atoms with Crippen LogP contribution >= 0.6 is 11.3 Å². The maximum absolute atomic E-state index is 11.2. The molecule has 72 valence electrons. The molecule has 0 aliphatic carbocycles. The van der Waals surface area contributed by atoms with Crippen LogP contribution in [0.4, 0.5) is 0 Å². The average Bonchev–Trinajstić information content (AvgIpc) is 2.62. The molecular weight excluding hydrogens is 202 g/mol. The third-order valence-corrected chi connectivity index (χ3v) is 2.58. The van der Waals surface area contributed by atoms with Crippen molar-refractivity contribution in [3.8, 4) is 0 Å². The Bertz CT molecular complexity index is 526. The predicted octanol–water partition coefficient (Wildman–Crippen LogP) is 0.110. The smallest absolute Gasteiger partial charge is 0.271 e. The third kappa shape index (κ3) is 1.80. The van der Waals surface area contributed by atoms with Crippen molar-refractivity contribution in [2.24, 2.45) is 0 Å². The summed E-state index contributed by atoms with van der Waals surface area (Å²) in [4.78, 5) is 25.1. The van der Waals surface area contributed by atoms with E-state index in [1.54, 1.807) is 11.3 Å². The molecule has 0 fully saturated rings. The number of nitrogens with one attached hydrogen (secondary N) is 2. The highest BCUT2D eigenvalue weighted by Gasteiger charge is 2.03. The second kappa shape index (κ2) is 3.59. The largest absolute Gasteiger partial charge is 0.342 e. The van der Waals surface area contributed by atoms with Crippen molar-refractivity contribution < 1.29 is 0 Å². The number of aromatic nitrogens is 3. The Morgan fingerprint density at radius 1 is 1.43 bits per heavy atom. The average molecular weight is 209 g/mol. The van der Waals surface area contributed by atoms with E-state index >= 15 is 0 Å². The molecule has 0 aliphatic rings. The van der Waals surface area contributed by atoms with Gasteiger partial charge in [-0.25, -0.2) is 9.89 Å². The molecule has 6 heteroatoms. The van der Waals surface area contributed by atoms with Crippen molar-refractivity contribution in [3.63, 3.8) is 0 Å². The quantitative estimate of drug-likeness (QED) is 0.736. The maximum atomic E-state index is 11.2. The molecule has 0 bridgehead atoms. The Morgan fingerprint density at radius 3 is 2.93 bits per heavy atom. The number of aromatic amines is 2. The van der Waals surface area contributed by atoms with E-state index in [2.05, 4.69) is 15.2 Å². The van der Waals surface area contributed by atoms with Crippen LogP contribution in [-0.4, -0.2) is 15.2 Å². The summed E-state index contributed by atoms with van der Waals surface area (Å²) in [6.45, 7) is 0. The molecule has 0 saturated carbocycles. The van der Waals surface area contributed by atoms with Gasteiger partial charge in [0.15, 0.2) is 0 Å². The van der Waals surface area contributed by atoms with Crippen LogP contribution in [-0.2, 0) is 6.42 Å². The molecule has 2 N–H and O–H groups in total. The molecule has 2 aromatic rings. The summed E-state index contributed by atoms with van der Waals surface area (Å²) in [5.41, 5.74) is -0.681. The monoisotopic (exact) mass is 209 g/mol. The first-order chi connectivity index (χ1) is 6.75. The Kier molecular flexibility index (Phi) is 2.28. The molecule has 0 unspecified atom stereocenters. The fourth-order valence-electron chi connectivity index (χ4n) is 1.07. The van der Waals surface area contributed by atoms with Gasteiger partial charge in [-0.1, -0.05) is 6.07 Å². The van der Waals surface area contributed by atoms with E-state index in [1.807, 2.05) is 17.5 Å². The van der Waals surface area contributed by atoms with Gasteiger partial charge < -0.3 is 0 Å². The normalized spacial score (nSPS) is 10.3. The summed E-state index contributed by atoms with van der Waals surface area (Å²) in [6.07, 6.45) is 0.448. The van der Waals surface area contributed by atoms with Gasteiger partial charge in [0, 0.05) is 11.3 Å². The van der Waals surface area contributed by atoms with Crippen LogP contribution in [0.1, 0.15) is 10.6 Å². The fraction of sp³-hybridized carbons (Fsp3) is 0.125. The zero-order chi connectivity index (χ0) is 9.97. The van der Waals surface area contributed by atoms with Gasteiger partial charge in [-0.05, 0) is 11.4 Å². The third-order valence-electron chi connectivity index (χ3n) is 1.70. The van der Waals surface area contributed by atoms with Gasteiger partial charge in [0.2, 0.25) is 0 Å². The first-order valence-electron chi connectivity index (χ1n) is 3.96. The summed E-state index contributed by atoms with van der Waals surface area (Å²) < 4.78 is 0. The molecule has 0 aliphatic heterocycles. The van der Waals surface area contributed by atoms with Crippen LogP contribution in [0.25, 0.3) is 0 Å². The summed E-state index contributed by atoms with van der Waals surface area (Å²) in [7, 11) is 0. The second-order valence-electron chi connectivity index (χ2n) is 2.71. The van der Waals surface area contributed by atoms with Crippen molar-refractivity contribution in [3.05, 3.63) is 48.9 Å². The van der Waals surface area contributed by atoms with Gasteiger partial charge >= 0.3 is 5.69 Å². The Hall–Kier alpha value is -1.69. The molecule has 2 rings (SSSR count). The Morgan fingerprint density at radius 2 is 2.29 bits per heavy atom. The predicted molar refractivity (Wildman–Crippen MR) is 52.6 cm³/mol. The number of thiophene rings is 1. The highest BCUT2D eigenvalue weighted by Crippen LogP contribution is 2.10. The van der Waals surface area contributed by atoms with Gasteiger partial charge in [0.25, 0.3) is 5.56 Å². The molecule has 0 amide bonds. The van der Waals surface area contributed by atoms with Crippen molar-refractivity contribution in [2.45, 2.75) is 6.42 Å². The van der Waals surface area contributed by atoms with Gasteiger partial charge in [0.05, 0.1) is 0 Å².